The third kappa shape index (κ3) is 4.91. The lowest BCUT2D eigenvalue weighted by atomic mass is 10.2. The molecule has 0 amide bonds. The average Bonchev–Trinajstić information content (AvgIpc) is 2.61. The summed E-state index contributed by atoms with van der Waals surface area (Å²) in [7, 11) is 0. The third-order valence-electron chi connectivity index (χ3n) is 3.01. The van der Waals surface area contributed by atoms with Crippen molar-refractivity contribution in [3.8, 4) is 5.75 Å². The second kappa shape index (κ2) is 8.43. The van der Waals surface area contributed by atoms with Crippen LogP contribution in [-0.2, 0) is 9.53 Å². The molecule has 5 nitrogen and oxygen atoms in total. The molecular weight excluding hydrogens is 306 g/mol. The standard InChI is InChI=1S/C19H17NO4/c1-3-18(21)24-17-11-5-14(6-12-17)13-20-16-9-7-15(8-10-16)19(22)23-4-2/h3,5-13H,1,4H2,2H3. The van der Waals surface area contributed by atoms with Crippen molar-refractivity contribution in [3.63, 3.8) is 0 Å². The second-order valence-corrected chi connectivity index (χ2v) is 4.72. The number of benzene rings is 2. The molecule has 2 rings (SSSR count). The Hall–Kier alpha value is -3.21. The Kier molecular flexibility index (Phi) is 6.02. The molecule has 0 unspecified atom stereocenters. The van der Waals surface area contributed by atoms with Gasteiger partial charge in [-0.05, 0) is 61.0 Å². The Morgan fingerprint density at radius 3 is 2.33 bits per heavy atom. The van der Waals surface area contributed by atoms with E-state index in [9.17, 15) is 9.59 Å². The molecule has 0 aliphatic rings. The van der Waals surface area contributed by atoms with Crippen molar-refractivity contribution in [2.24, 2.45) is 4.99 Å². The predicted octanol–water partition coefficient (Wildman–Crippen LogP) is 3.71. The number of esters is 2. The fraction of sp³-hybridized carbons (Fsp3) is 0.105. The van der Waals surface area contributed by atoms with Gasteiger partial charge < -0.3 is 9.47 Å². The zero-order chi connectivity index (χ0) is 17.4. The maximum atomic E-state index is 11.6. The Morgan fingerprint density at radius 2 is 1.75 bits per heavy atom. The van der Waals surface area contributed by atoms with Gasteiger partial charge in [0.1, 0.15) is 5.75 Å². The summed E-state index contributed by atoms with van der Waals surface area (Å²) in [5.74, 6) is -0.411. The summed E-state index contributed by atoms with van der Waals surface area (Å²) >= 11 is 0. The Balaban J connectivity index is 2.01. The predicted molar refractivity (Wildman–Crippen MR) is 91.9 cm³/mol. The first-order valence-corrected chi connectivity index (χ1v) is 7.38. The van der Waals surface area contributed by atoms with Gasteiger partial charge in [-0.2, -0.15) is 0 Å². The number of nitrogens with zero attached hydrogens (tertiary/aromatic N) is 1. The molecule has 122 valence electrons. The third-order valence-corrected chi connectivity index (χ3v) is 3.01. The maximum Gasteiger partial charge on any atom is 0.338 e. The first kappa shape index (κ1) is 17.1. The number of aliphatic imine (C=N–C) groups is 1. The number of carbonyl (C=O) groups is 2. The van der Waals surface area contributed by atoms with E-state index in [2.05, 4.69) is 11.6 Å². The van der Waals surface area contributed by atoms with Gasteiger partial charge in [0, 0.05) is 12.3 Å². The number of carbonyl (C=O) groups excluding carboxylic acids is 2. The van der Waals surface area contributed by atoms with Gasteiger partial charge in [0.2, 0.25) is 0 Å². The highest BCUT2D eigenvalue weighted by molar-refractivity contribution is 5.90. The molecule has 5 heteroatoms. The molecular formula is C19H17NO4. The van der Waals surface area contributed by atoms with Gasteiger partial charge in [-0.3, -0.25) is 4.99 Å². The molecule has 0 aromatic heterocycles. The summed E-state index contributed by atoms with van der Waals surface area (Å²) in [5.41, 5.74) is 2.05. The minimum atomic E-state index is -0.502. The fourth-order valence-corrected chi connectivity index (χ4v) is 1.83. The lowest BCUT2D eigenvalue weighted by Gasteiger charge is -2.02. The molecule has 2 aromatic rings. The van der Waals surface area contributed by atoms with Crippen LogP contribution in [0.5, 0.6) is 5.75 Å². The number of rotatable bonds is 6. The molecule has 0 bridgehead atoms. The lowest BCUT2D eigenvalue weighted by Crippen LogP contribution is -2.03. The van der Waals surface area contributed by atoms with Crippen molar-refractivity contribution < 1.29 is 19.1 Å². The van der Waals surface area contributed by atoms with Gasteiger partial charge in [-0.1, -0.05) is 6.58 Å². The van der Waals surface area contributed by atoms with Crippen LogP contribution in [0.2, 0.25) is 0 Å². The zero-order valence-electron chi connectivity index (χ0n) is 13.3. The van der Waals surface area contributed by atoms with Crippen molar-refractivity contribution in [1.29, 1.82) is 0 Å². The van der Waals surface area contributed by atoms with E-state index in [1.807, 2.05) is 0 Å². The summed E-state index contributed by atoms with van der Waals surface area (Å²) in [6.45, 7) is 5.45. The molecule has 0 spiro atoms. The van der Waals surface area contributed by atoms with E-state index in [1.54, 1.807) is 61.7 Å². The van der Waals surface area contributed by atoms with Crippen LogP contribution in [0.4, 0.5) is 5.69 Å². The largest absolute Gasteiger partial charge is 0.462 e. The van der Waals surface area contributed by atoms with Crippen LogP contribution < -0.4 is 4.74 Å². The van der Waals surface area contributed by atoms with Crippen molar-refractivity contribution in [2.75, 3.05) is 6.61 Å². The molecule has 0 fully saturated rings. The molecule has 0 aliphatic heterocycles. The number of ether oxygens (including phenoxy) is 2. The van der Waals surface area contributed by atoms with Crippen molar-refractivity contribution >= 4 is 23.8 Å². The van der Waals surface area contributed by atoms with Crippen LogP contribution in [0.3, 0.4) is 0 Å². The first-order chi connectivity index (χ1) is 11.6. The molecule has 2 aromatic carbocycles. The van der Waals surface area contributed by atoms with Crippen molar-refractivity contribution in [3.05, 3.63) is 72.3 Å². The summed E-state index contributed by atoms with van der Waals surface area (Å²) in [5, 5.41) is 0. The smallest absolute Gasteiger partial charge is 0.338 e. The average molecular weight is 323 g/mol. The molecule has 0 aliphatic carbocycles. The van der Waals surface area contributed by atoms with E-state index < -0.39 is 5.97 Å². The minimum absolute atomic E-state index is 0.344. The van der Waals surface area contributed by atoms with Crippen molar-refractivity contribution in [1.82, 2.24) is 0 Å². The molecule has 0 heterocycles. The zero-order valence-corrected chi connectivity index (χ0v) is 13.3. The fourth-order valence-electron chi connectivity index (χ4n) is 1.83. The summed E-state index contributed by atoms with van der Waals surface area (Å²) in [4.78, 5) is 27.0. The van der Waals surface area contributed by atoms with E-state index in [1.165, 1.54) is 0 Å². The SMILES string of the molecule is C=CC(=O)Oc1ccc(C=Nc2ccc(C(=O)OCC)cc2)cc1. The lowest BCUT2D eigenvalue weighted by molar-refractivity contribution is -0.128. The highest BCUT2D eigenvalue weighted by Gasteiger charge is 2.05. The summed E-state index contributed by atoms with van der Waals surface area (Å²) in [6, 6.07) is 13.7. The Labute approximate surface area is 140 Å². The summed E-state index contributed by atoms with van der Waals surface area (Å²) in [6.07, 6.45) is 2.79. The molecule has 0 saturated carbocycles. The Morgan fingerprint density at radius 1 is 1.08 bits per heavy atom. The van der Waals surface area contributed by atoms with Gasteiger partial charge in [0.05, 0.1) is 17.9 Å². The van der Waals surface area contributed by atoms with Gasteiger partial charge in [-0.25, -0.2) is 9.59 Å². The van der Waals surface area contributed by atoms with Crippen LogP contribution in [0.1, 0.15) is 22.8 Å². The second-order valence-electron chi connectivity index (χ2n) is 4.72. The van der Waals surface area contributed by atoms with Gasteiger partial charge in [0.25, 0.3) is 0 Å². The van der Waals surface area contributed by atoms with Crippen LogP contribution >= 0.6 is 0 Å². The van der Waals surface area contributed by atoms with E-state index in [0.717, 1.165) is 11.6 Å². The maximum absolute atomic E-state index is 11.6. The normalized spacial score (nSPS) is 10.4. The number of hydrogen-bond acceptors (Lipinski definition) is 5. The monoisotopic (exact) mass is 323 g/mol. The Bertz CT molecular complexity index is 746. The topological polar surface area (TPSA) is 65.0 Å². The highest BCUT2D eigenvalue weighted by Crippen LogP contribution is 2.15. The first-order valence-electron chi connectivity index (χ1n) is 7.38. The van der Waals surface area contributed by atoms with Gasteiger partial charge >= 0.3 is 11.9 Å². The number of hydrogen-bond donors (Lipinski definition) is 0. The van der Waals surface area contributed by atoms with E-state index in [0.29, 0.717) is 23.6 Å². The summed E-state index contributed by atoms with van der Waals surface area (Å²) < 4.78 is 9.92. The minimum Gasteiger partial charge on any atom is -0.462 e. The van der Waals surface area contributed by atoms with E-state index in [4.69, 9.17) is 9.47 Å². The van der Waals surface area contributed by atoms with Crippen molar-refractivity contribution in [2.45, 2.75) is 6.92 Å². The van der Waals surface area contributed by atoms with Crippen LogP contribution in [0.15, 0.2) is 66.2 Å². The van der Waals surface area contributed by atoms with Crippen LogP contribution in [-0.4, -0.2) is 24.8 Å². The van der Waals surface area contributed by atoms with Crippen LogP contribution in [0.25, 0.3) is 0 Å². The van der Waals surface area contributed by atoms with E-state index >= 15 is 0 Å². The molecule has 0 saturated heterocycles. The van der Waals surface area contributed by atoms with Crippen LogP contribution in [0, 0.1) is 0 Å². The van der Waals surface area contributed by atoms with Gasteiger partial charge in [0.15, 0.2) is 0 Å². The molecule has 0 N–H and O–H groups in total. The highest BCUT2D eigenvalue weighted by atomic mass is 16.5. The molecule has 0 radical (unpaired) electrons. The molecule has 0 atom stereocenters. The van der Waals surface area contributed by atoms with E-state index in [-0.39, 0.29) is 5.97 Å². The molecule has 24 heavy (non-hydrogen) atoms. The van der Waals surface area contributed by atoms with Gasteiger partial charge in [-0.15, -0.1) is 0 Å². The quantitative estimate of drug-likeness (QED) is 0.352.